The Hall–Kier alpha value is -2.56. The quantitative estimate of drug-likeness (QED) is 0.549. The largest absolute Gasteiger partial charge is 0.280 e. The summed E-state index contributed by atoms with van der Waals surface area (Å²) in [4.78, 5) is 4.62. The van der Waals surface area contributed by atoms with Gasteiger partial charge in [-0.05, 0) is 37.6 Å². The molecule has 0 amide bonds. The van der Waals surface area contributed by atoms with Crippen LogP contribution < -0.4 is 0 Å². The Labute approximate surface area is 141 Å². The summed E-state index contributed by atoms with van der Waals surface area (Å²) in [6.45, 7) is 10.2. The van der Waals surface area contributed by atoms with E-state index >= 15 is 0 Å². The van der Waals surface area contributed by atoms with Gasteiger partial charge in [0.1, 0.15) is 11.5 Å². The number of aryl methyl sites for hydroxylation is 2. The van der Waals surface area contributed by atoms with Gasteiger partial charge in [0.05, 0.1) is 11.4 Å². The van der Waals surface area contributed by atoms with Gasteiger partial charge in [-0.1, -0.05) is 38.5 Å². The maximum absolute atomic E-state index is 13.7. The highest BCUT2D eigenvalue weighted by atomic mass is 19.1. The number of pyridine rings is 1. The second-order valence-electron chi connectivity index (χ2n) is 7.10. The Kier molecular flexibility index (Phi) is 3.95. The maximum Gasteiger partial charge on any atom is 0.183 e. The van der Waals surface area contributed by atoms with E-state index in [1.807, 2.05) is 26.0 Å². The molecule has 0 saturated heterocycles. The van der Waals surface area contributed by atoms with E-state index in [2.05, 4.69) is 42.1 Å². The lowest BCUT2D eigenvalue weighted by Gasteiger charge is -2.15. The van der Waals surface area contributed by atoms with Crippen LogP contribution in [-0.4, -0.2) is 9.38 Å². The number of halogens is 1. The van der Waals surface area contributed by atoms with Crippen LogP contribution in [0.5, 0.6) is 0 Å². The van der Waals surface area contributed by atoms with E-state index in [0.29, 0.717) is 11.5 Å². The van der Waals surface area contributed by atoms with Crippen LogP contribution in [0.2, 0.25) is 0 Å². The van der Waals surface area contributed by atoms with Crippen LogP contribution in [-0.2, 0) is 5.41 Å². The second-order valence-corrected chi connectivity index (χ2v) is 7.10. The highest BCUT2D eigenvalue weighted by Gasteiger charge is 2.24. The predicted molar refractivity (Wildman–Crippen MR) is 93.9 cm³/mol. The van der Waals surface area contributed by atoms with E-state index in [4.69, 9.17) is 0 Å². The van der Waals surface area contributed by atoms with Crippen molar-refractivity contribution in [2.75, 3.05) is 0 Å². The molecule has 2 heterocycles. The van der Waals surface area contributed by atoms with Gasteiger partial charge in [-0.2, -0.15) is 0 Å². The van der Waals surface area contributed by atoms with Crippen LogP contribution in [0.15, 0.2) is 46.8 Å². The summed E-state index contributed by atoms with van der Waals surface area (Å²) in [7, 11) is 0. The van der Waals surface area contributed by atoms with Crippen molar-refractivity contribution in [1.29, 1.82) is 0 Å². The molecule has 3 rings (SSSR count). The fourth-order valence-corrected chi connectivity index (χ4v) is 2.62. The van der Waals surface area contributed by atoms with Gasteiger partial charge in [-0.15, -0.1) is 10.2 Å². The van der Waals surface area contributed by atoms with Crippen molar-refractivity contribution in [3.8, 4) is 0 Å². The van der Waals surface area contributed by atoms with Gasteiger partial charge in [0.15, 0.2) is 5.82 Å². The molecule has 1 aromatic carbocycles. The number of azo groups is 1. The Bertz CT molecular complexity index is 932. The molecule has 4 nitrogen and oxygen atoms in total. The number of rotatable bonds is 2. The standard InChI is InChI=1S/C19H21FN4/c1-12-6-8-15(13(2)10-12)22-23-18-17(19(3,4)5)21-16-9-7-14(20)11-24(16)18/h6-11H,1-5H3. The average Bonchev–Trinajstić information content (AvgIpc) is 2.84. The van der Waals surface area contributed by atoms with Gasteiger partial charge in [0.2, 0.25) is 0 Å². The van der Waals surface area contributed by atoms with Crippen molar-refractivity contribution in [3.63, 3.8) is 0 Å². The first-order valence-electron chi connectivity index (χ1n) is 7.93. The SMILES string of the molecule is Cc1ccc(N=Nc2c(C(C)(C)C)nc3ccc(F)cn23)c(C)c1. The summed E-state index contributed by atoms with van der Waals surface area (Å²) in [5.74, 6) is 0.236. The van der Waals surface area contributed by atoms with E-state index in [1.165, 1.54) is 17.8 Å². The van der Waals surface area contributed by atoms with Gasteiger partial charge in [0.25, 0.3) is 0 Å². The molecule has 2 aromatic heterocycles. The molecule has 0 aliphatic rings. The maximum atomic E-state index is 13.7. The highest BCUT2D eigenvalue weighted by molar-refractivity contribution is 5.55. The third-order valence-corrected chi connectivity index (χ3v) is 3.87. The topological polar surface area (TPSA) is 42.0 Å². The van der Waals surface area contributed by atoms with Crippen LogP contribution in [0.4, 0.5) is 15.9 Å². The minimum atomic E-state index is -0.330. The molecular weight excluding hydrogens is 303 g/mol. The minimum Gasteiger partial charge on any atom is -0.280 e. The van der Waals surface area contributed by atoms with Crippen LogP contribution in [0.3, 0.4) is 0 Å². The van der Waals surface area contributed by atoms with Crippen LogP contribution in [0.1, 0.15) is 37.6 Å². The highest BCUT2D eigenvalue weighted by Crippen LogP contribution is 2.33. The number of imidazole rings is 1. The monoisotopic (exact) mass is 324 g/mol. The third-order valence-electron chi connectivity index (χ3n) is 3.87. The number of nitrogens with zero attached hydrogens (tertiary/aromatic N) is 4. The van der Waals surface area contributed by atoms with Crippen molar-refractivity contribution in [2.24, 2.45) is 10.2 Å². The molecule has 0 spiro atoms. The molecule has 0 bridgehead atoms. The lowest BCUT2D eigenvalue weighted by Crippen LogP contribution is -2.11. The van der Waals surface area contributed by atoms with Gasteiger partial charge >= 0.3 is 0 Å². The average molecular weight is 324 g/mol. The lowest BCUT2D eigenvalue weighted by molar-refractivity contribution is 0.573. The summed E-state index contributed by atoms with van der Waals surface area (Å²) >= 11 is 0. The van der Waals surface area contributed by atoms with Crippen LogP contribution >= 0.6 is 0 Å². The molecule has 0 aliphatic heterocycles. The molecule has 3 aromatic rings. The molecule has 0 unspecified atom stereocenters. The fraction of sp³-hybridized carbons (Fsp3) is 0.316. The van der Waals surface area contributed by atoms with Gasteiger partial charge < -0.3 is 0 Å². The molecule has 0 saturated carbocycles. The first-order chi connectivity index (χ1) is 11.3. The molecule has 0 fully saturated rings. The summed E-state index contributed by atoms with van der Waals surface area (Å²) < 4.78 is 15.3. The van der Waals surface area contributed by atoms with E-state index < -0.39 is 0 Å². The summed E-state index contributed by atoms with van der Waals surface area (Å²) in [6, 6.07) is 9.06. The molecular formula is C19H21FN4. The van der Waals surface area contributed by atoms with E-state index in [0.717, 1.165) is 16.9 Å². The van der Waals surface area contributed by atoms with Crippen molar-refractivity contribution >= 4 is 17.2 Å². The fourth-order valence-electron chi connectivity index (χ4n) is 2.62. The zero-order chi connectivity index (χ0) is 17.5. The first kappa shape index (κ1) is 16.3. The number of benzene rings is 1. The Morgan fingerprint density at radius 3 is 2.46 bits per heavy atom. The van der Waals surface area contributed by atoms with Crippen molar-refractivity contribution in [2.45, 2.75) is 40.0 Å². The number of hydrogen-bond donors (Lipinski definition) is 0. The first-order valence-corrected chi connectivity index (χ1v) is 7.93. The normalized spacial score (nSPS) is 12.4. The predicted octanol–water partition coefficient (Wildman–Crippen LogP) is 5.80. The van der Waals surface area contributed by atoms with Gasteiger partial charge in [-0.3, -0.25) is 4.40 Å². The van der Waals surface area contributed by atoms with Gasteiger partial charge in [-0.25, -0.2) is 9.37 Å². The lowest BCUT2D eigenvalue weighted by atomic mass is 9.92. The Morgan fingerprint density at radius 2 is 1.79 bits per heavy atom. The number of aromatic nitrogens is 2. The van der Waals surface area contributed by atoms with Crippen molar-refractivity contribution in [1.82, 2.24) is 9.38 Å². The molecule has 124 valence electrons. The summed E-state index contributed by atoms with van der Waals surface area (Å²) in [5, 5.41) is 8.81. The van der Waals surface area contributed by atoms with Gasteiger partial charge in [0, 0.05) is 11.6 Å². The van der Waals surface area contributed by atoms with Crippen molar-refractivity contribution in [3.05, 3.63) is 59.2 Å². The Balaban J connectivity index is 2.16. The van der Waals surface area contributed by atoms with E-state index in [1.54, 1.807) is 10.5 Å². The molecule has 24 heavy (non-hydrogen) atoms. The smallest absolute Gasteiger partial charge is 0.183 e. The number of hydrogen-bond acceptors (Lipinski definition) is 3. The zero-order valence-electron chi connectivity index (χ0n) is 14.6. The second kappa shape index (κ2) is 5.82. The third kappa shape index (κ3) is 3.07. The molecule has 0 radical (unpaired) electrons. The van der Waals surface area contributed by atoms with Crippen LogP contribution in [0.25, 0.3) is 5.65 Å². The molecule has 0 aliphatic carbocycles. The minimum absolute atomic E-state index is 0.223. The van der Waals surface area contributed by atoms with Crippen molar-refractivity contribution < 1.29 is 4.39 Å². The van der Waals surface area contributed by atoms with Crippen LogP contribution in [0, 0.1) is 19.7 Å². The number of fused-ring (bicyclic) bond motifs is 1. The van der Waals surface area contributed by atoms with E-state index in [-0.39, 0.29) is 11.2 Å². The zero-order valence-corrected chi connectivity index (χ0v) is 14.6. The molecule has 5 heteroatoms. The molecule has 0 N–H and O–H groups in total. The molecule has 0 atom stereocenters. The Morgan fingerprint density at radius 1 is 1.04 bits per heavy atom. The summed E-state index contributed by atoms with van der Waals surface area (Å²) in [5.41, 5.74) is 4.26. The van der Waals surface area contributed by atoms with E-state index in [9.17, 15) is 4.39 Å². The summed E-state index contributed by atoms with van der Waals surface area (Å²) in [6.07, 6.45) is 1.40.